The van der Waals surface area contributed by atoms with Crippen molar-refractivity contribution in [2.75, 3.05) is 13.1 Å². The summed E-state index contributed by atoms with van der Waals surface area (Å²) in [4.78, 5) is 4.89. The number of nitrogens with zero attached hydrogens (tertiary/aromatic N) is 1. The van der Waals surface area contributed by atoms with E-state index in [0.717, 1.165) is 26.2 Å². The fraction of sp³-hybridized carbons (Fsp3) is 0.696. The molecule has 0 saturated heterocycles. The Morgan fingerprint density at radius 2 is 1.00 bits per heavy atom. The molecule has 4 atom stereocenters. The van der Waals surface area contributed by atoms with Gasteiger partial charge < -0.3 is 36.1 Å². The molecule has 2 fully saturated rings. The molecule has 1 radical (unpaired) electrons. The maximum Gasteiger partial charge on any atom is 0.0545 e. The Kier molecular flexibility index (Phi) is 12.6. The standard InChI is InChI=1S/C21H35N5.2CH3.Mn/c1-3-10-20-18(8-1)22-12-13-23-19-9-2-4-11-21(19)25-15-17-7-5-6-16(26-17)14-24-20;;;/h5-7,18-25H,1-4,8-15H2;2*1H3;/q;2*-1;/t18-,19-,20-,21-;;;/m1.../s1. The van der Waals surface area contributed by atoms with Crippen LogP contribution in [-0.4, -0.2) is 42.2 Å². The van der Waals surface area contributed by atoms with Gasteiger partial charge in [-0.2, -0.15) is 0 Å². The Morgan fingerprint density at radius 3 is 1.41 bits per heavy atom. The Labute approximate surface area is 189 Å². The number of hydrogen-bond donors (Lipinski definition) is 4. The molecule has 6 heteroatoms. The van der Waals surface area contributed by atoms with Gasteiger partial charge in [-0.25, -0.2) is 0 Å². The van der Waals surface area contributed by atoms with Gasteiger partial charge in [-0.3, -0.25) is 4.98 Å². The Bertz CT molecular complexity index is 525. The van der Waals surface area contributed by atoms with Gasteiger partial charge in [0.1, 0.15) is 0 Å². The van der Waals surface area contributed by atoms with Gasteiger partial charge >= 0.3 is 0 Å². The first-order valence-corrected chi connectivity index (χ1v) is 10.8. The van der Waals surface area contributed by atoms with Crippen molar-refractivity contribution in [1.82, 2.24) is 26.3 Å². The summed E-state index contributed by atoms with van der Waals surface area (Å²) in [6.07, 6.45) is 10.5. The smallest absolute Gasteiger partial charge is 0.0545 e. The molecule has 3 aliphatic rings. The fourth-order valence-corrected chi connectivity index (χ4v) is 4.95. The minimum absolute atomic E-state index is 0. The van der Waals surface area contributed by atoms with Crippen LogP contribution in [0.3, 0.4) is 0 Å². The summed E-state index contributed by atoms with van der Waals surface area (Å²) in [5, 5.41) is 15.2. The number of nitrogens with one attached hydrogen (secondary N) is 4. The summed E-state index contributed by atoms with van der Waals surface area (Å²) in [7, 11) is 0. The molecule has 167 valence electrons. The van der Waals surface area contributed by atoms with Crippen LogP contribution < -0.4 is 21.3 Å². The number of fused-ring (bicyclic) bond motifs is 4. The summed E-state index contributed by atoms with van der Waals surface area (Å²) in [6, 6.07) is 8.81. The zero-order valence-electron chi connectivity index (χ0n) is 18.4. The van der Waals surface area contributed by atoms with Crippen LogP contribution in [0.5, 0.6) is 0 Å². The Balaban J connectivity index is 0.00000140. The van der Waals surface area contributed by atoms with Crippen molar-refractivity contribution in [2.45, 2.75) is 88.6 Å². The maximum atomic E-state index is 4.89. The van der Waals surface area contributed by atoms with Crippen molar-refractivity contribution in [2.24, 2.45) is 0 Å². The number of rotatable bonds is 0. The Hall–Kier alpha value is -0.491. The van der Waals surface area contributed by atoms with Crippen molar-refractivity contribution in [3.63, 3.8) is 0 Å². The maximum absolute atomic E-state index is 4.89. The average molecular weight is 443 g/mol. The van der Waals surface area contributed by atoms with Crippen LogP contribution in [0.4, 0.5) is 0 Å². The van der Waals surface area contributed by atoms with E-state index < -0.39 is 0 Å². The minimum atomic E-state index is 0. The zero-order valence-corrected chi connectivity index (χ0v) is 19.5. The third kappa shape index (κ3) is 7.61. The SMILES string of the molecule is [CH3-].[CH3-].[Mn].c1cc2nc(c1)CN[C@@H]1CCCC[C@H]1NCCN[C@@H]1CCCC[C@H]1NC2. The van der Waals surface area contributed by atoms with Gasteiger partial charge in [0.15, 0.2) is 0 Å². The summed E-state index contributed by atoms with van der Waals surface area (Å²) in [6.45, 7) is 3.89. The van der Waals surface area contributed by atoms with Crippen molar-refractivity contribution in [1.29, 1.82) is 0 Å². The molecule has 0 aromatic carbocycles. The van der Waals surface area contributed by atoms with Crippen molar-refractivity contribution in [3.8, 4) is 0 Å². The van der Waals surface area contributed by atoms with E-state index in [2.05, 4.69) is 39.5 Å². The summed E-state index contributed by atoms with van der Waals surface area (Å²) < 4.78 is 0. The topological polar surface area (TPSA) is 61.0 Å². The van der Waals surface area contributed by atoms with Crippen LogP contribution in [0, 0.1) is 14.9 Å². The van der Waals surface area contributed by atoms with Crippen LogP contribution in [0.2, 0.25) is 0 Å². The van der Waals surface area contributed by atoms with Gasteiger partial charge in [-0.15, -0.1) is 0 Å². The predicted molar refractivity (Wildman–Crippen MR) is 119 cm³/mol. The van der Waals surface area contributed by atoms with E-state index >= 15 is 0 Å². The van der Waals surface area contributed by atoms with Gasteiger partial charge in [0.05, 0.1) is 11.4 Å². The molecule has 2 bridgehead atoms. The van der Waals surface area contributed by atoms with Crippen molar-refractivity contribution in [3.05, 3.63) is 44.4 Å². The molecule has 0 spiro atoms. The quantitative estimate of drug-likeness (QED) is 0.368. The van der Waals surface area contributed by atoms with E-state index in [1.807, 2.05) is 0 Å². The molecule has 29 heavy (non-hydrogen) atoms. The van der Waals surface area contributed by atoms with E-state index in [1.54, 1.807) is 0 Å². The first-order valence-electron chi connectivity index (χ1n) is 10.8. The largest absolute Gasteiger partial charge is 0.358 e. The molecule has 1 aromatic rings. The second-order valence-corrected chi connectivity index (χ2v) is 8.29. The van der Waals surface area contributed by atoms with E-state index in [-0.39, 0.29) is 31.9 Å². The third-order valence-electron chi connectivity index (χ3n) is 6.43. The summed E-state index contributed by atoms with van der Waals surface area (Å²) in [5.41, 5.74) is 2.34. The molecule has 4 rings (SSSR count). The molecule has 0 amide bonds. The molecule has 4 N–H and O–H groups in total. The second-order valence-electron chi connectivity index (χ2n) is 8.29. The minimum Gasteiger partial charge on any atom is -0.358 e. The van der Waals surface area contributed by atoms with Crippen LogP contribution in [-0.2, 0) is 30.2 Å². The van der Waals surface area contributed by atoms with Gasteiger partial charge in [0, 0.05) is 67.4 Å². The van der Waals surface area contributed by atoms with E-state index in [4.69, 9.17) is 4.98 Å². The van der Waals surface area contributed by atoms with Gasteiger partial charge in [-0.05, 0) is 37.8 Å². The molecule has 2 heterocycles. The first kappa shape index (κ1) is 26.5. The zero-order chi connectivity index (χ0) is 17.6. The molecule has 5 nitrogen and oxygen atoms in total. The van der Waals surface area contributed by atoms with Crippen LogP contribution >= 0.6 is 0 Å². The molecule has 0 unspecified atom stereocenters. The van der Waals surface area contributed by atoms with Gasteiger partial charge in [0.2, 0.25) is 0 Å². The Morgan fingerprint density at radius 1 is 0.621 bits per heavy atom. The van der Waals surface area contributed by atoms with Crippen molar-refractivity contribution < 1.29 is 17.1 Å². The van der Waals surface area contributed by atoms with Gasteiger partial charge in [0.25, 0.3) is 0 Å². The number of pyridine rings is 1. The van der Waals surface area contributed by atoms with Gasteiger partial charge in [-0.1, -0.05) is 31.7 Å². The average Bonchev–Trinajstić information content (AvgIpc) is 2.69. The fourth-order valence-electron chi connectivity index (χ4n) is 4.95. The monoisotopic (exact) mass is 442 g/mol. The van der Waals surface area contributed by atoms with Crippen LogP contribution in [0.25, 0.3) is 0 Å². The molecular weight excluding hydrogens is 401 g/mol. The first-order chi connectivity index (χ1) is 12.9. The van der Waals surface area contributed by atoms with Crippen molar-refractivity contribution >= 4 is 0 Å². The predicted octanol–water partition coefficient (Wildman–Crippen LogP) is 2.97. The number of hydrogen-bond acceptors (Lipinski definition) is 5. The molecular formula is C23H41MnN5-2. The molecule has 1 aromatic heterocycles. The van der Waals surface area contributed by atoms with E-state index in [0.29, 0.717) is 24.2 Å². The third-order valence-corrected chi connectivity index (χ3v) is 6.43. The normalized spacial score (nSPS) is 30.5. The molecule has 2 saturated carbocycles. The second kappa shape index (κ2) is 13.7. The number of aromatic nitrogens is 1. The summed E-state index contributed by atoms with van der Waals surface area (Å²) in [5.74, 6) is 0. The molecule has 1 aliphatic heterocycles. The molecule has 2 aliphatic carbocycles. The van der Waals surface area contributed by atoms with Crippen LogP contribution in [0.15, 0.2) is 18.2 Å². The van der Waals surface area contributed by atoms with E-state index in [1.165, 1.54) is 62.8 Å². The van der Waals surface area contributed by atoms with E-state index in [9.17, 15) is 0 Å². The summed E-state index contributed by atoms with van der Waals surface area (Å²) >= 11 is 0. The van der Waals surface area contributed by atoms with Crippen LogP contribution in [0.1, 0.15) is 62.8 Å².